The number of carbonyl (C=O) groups is 4. The third-order valence-corrected chi connectivity index (χ3v) is 10.5. The SMILES string of the molecule is CC.CCCC.CN(CCCN(CCN1C(=O)C2=c3c(cccc3=CC=CC2)C1=O)S(C)(=O)=O)CCN1C(=O)c2cccc3cccc(c23)C1=O. The first-order valence-corrected chi connectivity index (χ1v) is 19.7. The second-order valence-electron chi connectivity index (χ2n) is 12.6. The number of likely N-dealkylation sites (N-methyl/N-ethyl adjacent to an activating group) is 1. The van der Waals surface area contributed by atoms with Crippen molar-refractivity contribution in [1.29, 1.82) is 0 Å². The van der Waals surface area contributed by atoms with Crippen LogP contribution in [0, 0.1) is 0 Å². The number of hydrogen-bond donors (Lipinski definition) is 0. The quantitative estimate of drug-likeness (QED) is 0.255. The van der Waals surface area contributed by atoms with E-state index in [1.54, 1.807) is 24.3 Å². The summed E-state index contributed by atoms with van der Waals surface area (Å²) < 4.78 is 26.6. The van der Waals surface area contributed by atoms with Gasteiger partial charge in [-0.3, -0.25) is 29.0 Å². The monoisotopic (exact) mass is 714 g/mol. The number of carbonyl (C=O) groups excluding carboxylic acids is 4. The molecule has 10 nitrogen and oxygen atoms in total. The van der Waals surface area contributed by atoms with Gasteiger partial charge in [-0.25, -0.2) is 12.7 Å². The van der Waals surface area contributed by atoms with Crippen molar-refractivity contribution < 1.29 is 27.6 Å². The average molecular weight is 715 g/mol. The maximum atomic E-state index is 13.4. The van der Waals surface area contributed by atoms with E-state index in [2.05, 4.69) is 13.8 Å². The largest absolute Gasteiger partial charge is 0.305 e. The summed E-state index contributed by atoms with van der Waals surface area (Å²) in [5, 5.41) is 3.01. The lowest BCUT2D eigenvalue weighted by molar-refractivity contribution is -0.123. The van der Waals surface area contributed by atoms with Gasteiger partial charge >= 0.3 is 0 Å². The van der Waals surface area contributed by atoms with E-state index in [1.807, 2.05) is 74.4 Å². The van der Waals surface area contributed by atoms with E-state index in [0.29, 0.717) is 58.8 Å². The summed E-state index contributed by atoms with van der Waals surface area (Å²) in [6, 6.07) is 16.2. The minimum absolute atomic E-state index is 0.0218. The molecule has 3 aromatic carbocycles. The highest BCUT2D eigenvalue weighted by Gasteiger charge is 2.34. The Kier molecular flexibility index (Phi) is 13.6. The number of unbranched alkanes of at least 4 members (excludes halogenated alkanes) is 1. The summed E-state index contributed by atoms with van der Waals surface area (Å²) in [7, 11) is -1.77. The molecule has 4 amide bonds. The summed E-state index contributed by atoms with van der Waals surface area (Å²) in [4.78, 5) is 57.5. The van der Waals surface area contributed by atoms with E-state index in [-0.39, 0.29) is 38.0 Å². The standard InChI is InChI=1S/C34H34N4O6S.C4H10.C2H6/c1-35(19-21-37-32(40)27-15-6-11-24-12-7-16-28(30(24)27)33(37)41)17-8-18-36(45(2,43)44)20-22-38-31(39)25-13-4-3-9-23-10-5-14-26(29(23)25)34(38)42;1-3-4-2;1-2/h3-7,9-12,14-16H,8,13,17-22H2,1-2H3;3-4H2,1-2H3;1-2H3. The molecule has 0 aromatic heterocycles. The molecule has 3 aliphatic rings. The van der Waals surface area contributed by atoms with Crippen LogP contribution < -0.4 is 10.4 Å². The van der Waals surface area contributed by atoms with E-state index in [4.69, 9.17) is 0 Å². The summed E-state index contributed by atoms with van der Waals surface area (Å²) in [5.41, 5.74) is 2.00. The Hall–Kier alpha value is -4.45. The van der Waals surface area contributed by atoms with Gasteiger partial charge in [-0.1, -0.05) is 95.2 Å². The van der Waals surface area contributed by atoms with Crippen molar-refractivity contribution in [2.75, 3.05) is 52.6 Å². The van der Waals surface area contributed by atoms with Crippen LogP contribution in [0.25, 0.3) is 22.4 Å². The van der Waals surface area contributed by atoms with Crippen LogP contribution in [0.3, 0.4) is 0 Å². The van der Waals surface area contributed by atoms with E-state index in [0.717, 1.165) is 21.8 Å². The Balaban J connectivity index is 0.000000909. The lowest BCUT2D eigenvalue weighted by Gasteiger charge is -2.30. The van der Waals surface area contributed by atoms with Crippen LogP contribution in [0.2, 0.25) is 0 Å². The fraction of sp³-hybridized carbons (Fsp3) is 0.400. The summed E-state index contributed by atoms with van der Waals surface area (Å²) in [6.07, 6.45) is 10.2. The Morgan fingerprint density at radius 3 is 1.86 bits per heavy atom. The highest BCUT2D eigenvalue weighted by atomic mass is 32.2. The molecule has 11 heteroatoms. The van der Waals surface area contributed by atoms with Crippen molar-refractivity contribution in [3.05, 3.63) is 93.9 Å². The zero-order valence-electron chi connectivity index (χ0n) is 30.6. The zero-order chi connectivity index (χ0) is 37.3. The number of hydrogen-bond acceptors (Lipinski definition) is 7. The second-order valence-corrected chi connectivity index (χ2v) is 14.6. The molecule has 6 rings (SSSR count). The first-order chi connectivity index (χ1) is 24.5. The molecule has 0 unspecified atom stereocenters. The minimum atomic E-state index is -3.63. The molecular weight excluding hydrogens is 665 g/mol. The van der Waals surface area contributed by atoms with Crippen LogP contribution in [0.4, 0.5) is 0 Å². The van der Waals surface area contributed by atoms with Crippen LogP contribution in [0.5, 0.6) is 0 Å². The second kappa shape index (κ2) is 17.7. The van der Waals surface area contributed by atoms with Gasteiger partial charge < -0.3 is 4.90 Å². The van der Waals surface area contributed by atoms with Crippen LogP contribution >= 0.6 is 0 Å². The van der Waals surface area contributed by atoms with Crippen molar-refractivity contribution in [2.45, 2.75) is 53.4 Å². The molecule has 0 bridgehead atoms. The molecule has 0 N–H and O–H groups in total. The van der Waals surface area contributed by atoms with Crippen molar-refractivity contribution in [3.8, 4) is 0 Å². The van der Waals surface area contributed by atoms with Crippen molar-refractivity contribution in [2.24, 2.45) is 0 Å². The van der Waals surface area contributed by atoms with E-state index >= 15 is 0 Å². The number of nitrogens with zero attached hydrogens (tertiary/aromatic N) is 4. The summed E-state index contributed by atoms with van der Waals surface area (Å²) in [6.45, 7) is 9.58. The molecule has 272 valence electrons. The molecular formula is C40H50N4O6S. The number of sulfonamides is 1. The molecule has 0 radical (unpaired) electrons. The first-order valence-electron chi connectivity index (χ1n) is 17.8. The number of benzene rings is 3. The lowest BCUT2D eigenvalue weighted by Crippen LogP contribution is -2.51. The van der Waals surface area contributed by atoms with Gasteiger partial charge in [-0.2, -0.15) is 0 Å². The number of imide groups is 2. The van der Waals surface area contributed by atoms with Crippen LogP contribution in [-0.2, 0) is 14.8 Å². The molecule has 51 heavy (non-hydrogen) atoms. The van der Waals surface area contributed by atoms with E-state index in [1.165, 1.54) is 22.0 Å². The van der Waals surface area contributed by atoms with Gasteiger partial charge in [0.05, 0.1) is 6.26 Å². The van der Waals surface area contributed by atoms with Gasteiger partial charge in [-0.05, 0) is 55.2 Å². The van der Waals surface area contributed by atoms with Crippen LogP contribution in [0.1, 0.15) is 84.5 Å². The smallest absolute Gasteiger partial charge is 0.261 e. The predicted octanol–water partition coefficient (Wildman–Crippen LogP) is 4.43. The lowest BCUT2D eigenvalue weighted by atomic mass is 9.94. The van der Waals surface area contributed by atoms with Gasteiger partial charge in [0.1, 0.15) is 0 Å². The fourth-order valence-corrected chi connectivity index (χ4v) is 7.19. The Labute approximate surface area is 301 Å². The number of rotatable bonds is 12. The van der Waals surface area contributed by atoms with Gasteiger partial charge in [0, 0.05) is 65.6 Å². The number of amides is 4. The van der Waals surface area contributed by atoms with Gasteiger partial charge in [-0.15, -0.1) is 0 Å². The van der Waals surface area contributed by atoms with Crippen molar-refractivity contribution in [1.82, 2.24) is 19.0 Å². The molecule has 0 fully saturated rings. The van der Waals surface area contributed by atoms with E-state index in [9.17, 15) is 27.6 Å². The molecule has 2 heterocycles. The topological polar surface area (TPSA) is 115 Å². The fourth-order valence-electron chi connectivity index (χ4n) is 6.32. The number of allylic oxidation sites excluding steroid dienone is 2. The van der Waals surface area contributed by atoms with E-state index < -0.39 is 21.8 Å². The van der Waals surface area contributed by atoms with Crippen LogP contribution in [0.15, 0.2) is 66.7 Å². The molecule has 1 aliphatic carbocycles. The molecule has 2 aliphatic heterocycles. The Morgan fingerprint density at radius 2 is 1.25 bits per heavy atom. The summed E-state index contributed by atoms with van der Waals surface area (Å²) in [5.74, 6) is -1.46. The van der Waals surface area contributed by atoms with Crippen molar-refractivity contribution in [3.63, 3.8) is 0 Å². The molecule has 0 saturated heterocycles. The maximum Gasteiger partial charge on any atom is 0.261 e. The van der Waals surface area contributed by atoms with Gasteiger partial charge in [0.15, 0.2) is 0 Å². The van der Waals surface area contributed by atoms with Crippen molar-refractivity contribution >= 4 is 56.1 Å². The third kappa shape index (κ3) is 8.72. The molecule has 3 aromatic rings. The highest BCUT2D eigenvalue weighted by Crippen LogP contribution is 2.29. The molecule has 0 spiro atoms. The molecule has 0 saturated carbocycles. The zero-order valence-corrected chi connectivity index (χ0v) is 31.5. The predicted molar refractivity (Wildman–Crippen MR) is 203 cm³/mol. The first kappa shape index (κ1) is 39.3. The van der Waals surface area contributed by atoms with Gasteiger partial charge in [0.25, 0.3) is 23.6 Å². The maximum absolute atomic E-state index is 13.4. The highest BCUT2D eigenvalue weighted by molar-refractivity contribution is 7.88. The Morgan fingerprint density at radius 1 is 0.706 bits per heavy atom. The van der Waals surface area contributed by atoms with Crippen LogP contribution in [-0.4, -0.2) is 104 Å². The summed E-state index contributed by atoms with van der Waals surface area (Å²) >= 11 is 0. The molecule has 0 atom stereocenters. The average Bonchev–Trinajstić information content (AvgIpc) is 3.36. The minimum Gasteiger partial charge on any atom is -0.305 e. The van der Waals surface area contributed by atoms with Gasteiger partial charge in [0.2, 0.25) is 10.0 Å². The third-order valence-electron chi connectivity index (χ3n) is 9.16. The normalized spacial score (nSPS) is 14.9. The Bertz CT molecular complexity index is 2000.